The quantitative estimate of drug-likeness (QED) is 0.368. The molecule has 4 saturated carbocycles. The fourth-order valence-electron chi connectivity index (χ4n) is 8.02. The molecule has 36 heavy (non-hydrogen) atoms. The second kappa shape index (κ2) is 7.92. The van der Waals surface area contributed by atoms with E-state index in [4.69, 9.17) is 0 Å². The largest absolute Gasteiger partial charge is 0.346 e. The zero-order chi connectivity index (χ0) is 24.3. The number of carbonyl (C=O) groups is 2. The predicted octanol–water partition coefficient (Wildman–Crippen LogP) is 6.24. The molecule has 4 heteroatoms. The minimum Gasteiger partial charge on any atom is -0.346 e. The maximum Gasteiger partial charge on any atom is 0.252 e. The number of rotatable bonds is 4. The van der Waals surface area contributed by atoms with Gasteiger partial charge in [-0.25, -0.2) is 0 Å². The molecule has 4 fully saturated rings. The minimum absolute atomic E-state index is 0.00396. The van der Waals surface area contributed by atoms with Crippen LogP contribution in [0.5, 0.6) is 0 Å². The Hall–Kier alpha value is -3.66. The van der Waals surface area contributed by atoms with Crippen LogP contribution in [0.25, 0.3) is 21.5 Å². The van der Waals surface area contributed by atoms with E-state index in [1.165, 1.54) is 6.42 Å². The van der Waals surface area contributed by atoms with Gasteiger partial charge in [-0.05, 0) is 84.0 Å². The Morgan fingerprint density at radius 1 is 0.583 bits per heavy atom. The summed E-state index contributed by atoms with van der Waals surface area (Å²) >= 11 is 0. The van der Waals surface area contributed by atoms with Crippen LogP contribution in [0.3, 0.4) is 0 Å². The zero-order valence-electron chi connectivity index (χ0n) is 20.3. The molecule has 4 aromatic rings. The van der Waals surface area contributed by atoms with Crippen molar-refractivity contribution in [3.05, 3.63) is 96.1 Å². The average Bonchev–Trinajstić information content (AvgIpc) is 2.86. The minimum atomic E-state index is -0.260. The molecule has 0 heterocycles. The monoisotopic (exact) mass is 474 g/mol. The highest BCUT2D eigenvalue weighted by Gasteiger charge is 2.58. The van der Waals surface area contributed by atoms with Gasteiger partial charge in [0.25, 0.3) is 11.8 Å². The molecule has 2 amide bonds. The standard InChI is InChI=1S/C32H30N2O2/c35-29(27-13-5-9-23-7-1-3-11-25(23)27)33-31-16-21-15-22(17-31)19-32(18-21,20-31)34-30(36)28-14-6-10-24-8-2-4-12-26(24)28/h1-14,21-22H,15-20H2,(H,33,35)(H,34,36). The first-order valence-electron chi connectivity index (χ1n) is 13.1. The molecule has 0 aliphatic heterocycles. The molecule has 0 unspecified atom stereocenters. The summed E-state index contributed by atoms with van der Waals surface area (Å²) in [5.41, 5.74) is 0.948. The van der Waals surface area contributed by atoms with E-state index in [0.29, 0.717) is 11.8 Å². The predicted molar refractivity (Wildman–Crippen MR) is 143 cm³/mol. The second-order valence-corrected chi connectivity index (χ2v) is 11.5. The highest BCUT2D eigenvalue weighted by atomic mass is 16.2. The van der Waals surface area contributed by atoms with Crippen LogP contribution in [-0.2, 0) is 0 Å². The first kappa shape index (κ1) is 21.6. The topological polar surface area (TPSA) is 58.2 Å². The van der Waals surface area contributed by atoms with Gasteiger partial charge in [0, 0.05) is 22.2 Å². The van der Waals surface area contributed by atoms with Gasteiger partial charge in [0.15, 0.2) is 0 Å². The summed E-state index contributed by atoms with van der Waals surface area (Å²) in [6, 6.07) is 28.0. The first-order chi connectivity index (χ1) is 17.5. The molecular formula is C32H30N2O2. The maximum atomic E-state index is 13.6. The van der Waals surface area contributed by atoms with Crippen LogP contribution in [0.15, 0.2) is 84.9 Å². The van der Waals surface area contributed by atoms with E-state index in [-0.39, 0.29) is 22.9 Å². The molecule has 4 nitrogen and oxygen atoms in total. The van der Waals surface area contributed by atoms with Crippen molar-refractivity contribution < 1.29 is 9.59 Å². The van der Waals surface area contributed by atoms with Gasteiger partial charge in [-0.2, -0.15) is 0 Å². The van der Waals surface area contributed by atoms with E-state index in [9.17, 15) is 9.59 Å². The lowest BCUT2D eigenvalue weighted by Gasteiger charge is -2.62. The van der Waals surface area contributed by atoms with Crippen molar-refractivity contribution in [3.8, 4) is 0 Å². The third kappa shape index (κ3) is 3.50. The van der Waals surface area contributed by atoms with E-state index in [0.717, 1.165) is 64.8 Å². The Balaban J connectivity index is 1.18. The zero-order valence-corrected chi connectivity index (χ0v) is 20.3. The van der Waals surface area contributed by atoms with Crippen molar-refractivity contribution >= 4 is 33.4 Å². The summed E-state index contributed by atoms with van der Waals surface area (Å²) in [5.74, 6) is 1.08. The van der Waals surface area contributed by atoms with Crippen LogP contribution in [-0.4, -0.2) is 22.9 Å². The number of fused-ring (bicyclic) bond motifs is 2. The van der Waals surface area contributed by atoms with E-state index in [1.807, 2.05) is 60.7 Å². The Bertz CT molecular complexity index is 1390. The lowest BCUT2D eigenvalue weighted by Crippen LogP contribution is -2.69. The summed E-state index contributed by atoms with van der Waals surface area (Å²) in [6.07, 6.45) is 6.04. The van der Waals surface area contributed by atoms with Crippen molar-refractivity contribution in [1.29, 1.82) is 0 Å². The molecule has 0 atom stereocenters. The number of hydrogen-bond donors (Lipinski definition) is 2. The maximum absolute atomic E-state index is 13.6. The number of hydrogen-bond acceptors (Lipinski definition) is 2. The van der Waals surface area contributed by atoms with Gasteiger partial charge in [0.2, 0.25) is 0 Å². The van der Waals surface area contributed by atoms with Gasteiger partial charge in [-0.15, -0.1) is 0 Å². The molecular weight excluding hydrogens is 444 g/mol. The summed E-state index contributed by atoms with van der Waals surface area (Å²) in [7, 11) is 0. The average molecular weight is 475 g/mol. The molecule has 4 bridgehead atoms. The van der Waals surface area contributed by atoms with E-state index >= 15 is 0 Å². The van der Waals surface area contributed by atoms with Crippen LogP contribution in [0, 0.1) is 11.8 Å². The van der Waals surface area contributed by atoms with Crippen LogP contribution >= 0.6 is 0 Å². The lowest BCUT2D eigenvalue weighted by molar-refractivity contribution is -0.0447. The highest BCUT2D eigenvalue weighted by Crippen LogP contribution is 2.57. The molecule has 2 N–H and O–H groups in total. The number of carbonyl (C=O) groups excluding carboxylic acids is 2. The number of nitrogens with one attached hydrogen (secondary N) is 2. The Kier molecular flexibility index (Phi) is 4.76. The van der Waals surface area contributed by atoms with Crippen molar-refractivity contribution in [1.82, 2.24) is 10.6 Å². The summed E-state index contributed by atoms with van der Waals surface area (Å²) < 4.78 is 0. The van der Waals surface area contributed by atoms with Crippen molar-refractivity contribution in [2.24, 2.45) is 11.8 Å². The highest BCUT2D eigenvalue weighted by molar-refractivity contribution is 6.08. The fraction of sp³-hybridized carbons (Fsp3) is 0.312. The van der Waals surface area contributed by atoms with E-state index in [1.54, 1.807) is 0 Å². The van der Waals surface area contributed by atoms with Gasteiger partial charge < -0.3 is 10.6 Å². The van der Waals surface area contributed by atoms with Crippen molar-refractivity contribution in [2.45, 2.75) is 49.6 Å². The molecule has 0 aromatic heterocycles. The smallest absolute Gasteiger partial charge is 0.252 e. The summed E-state index contributed by atoms with van der Waals surface area (Å²) in [4.78, 5) is 27.3. The Morgan fingerprint density at radius 2 is 1.00 bits per heavy atom. The van der Waals surface area contributed by atoms with Gasteiger partial charge in [0.05, 0.1) is 0 Å². The van der Waals surface area contributed by atoms with Crippen molar-refractivity contribution in [3.63, 3.8) is 0 Å². The summed E-state index contributed by atoms with van der Waals surface area (Å²) in [6.45, 7) is 0. The fourth-order valence-corrected chi connectivity index (χ4v) is 8.02. The van der Waals surface area contributed by atoms with Gasteiger partial charge in [-0.3, -0.25) is 9.59 Å². The molecule has 4 aliphatic carbocycles. The molecule has 8 rings (SSSR count). The molecule has 4 aromatic carbocycles. The molecule has 4 aliphatic rings. The van der Waals surface area contributed by atoms with Crippen LogP contribution in [0.1, 0.15) is 59.2 Å². The van der Waals surface area contributed by atoms with Gasteiger partial charge >= 0.3 is 0 Å². The third-order valence-electron chi connectivity index (χ3n) is 8.89. The van der Waals surface area contributed by atoms with Crippen LogP contribution < -0.4 is 10.6 Å². The normalized spacial score (nSPS) is 28.3. The third-order valence-corrected chi connectivity index (χ3v) is 8.89. The molecule has 0 radical (unpaired) electrons. The molecule has 180 valence electrons. The second-order valence-electron chi connectivity index (χ2n) is 11.5. The number of benzene rings is 4. The summed E-state index contributed by atoms with van der Waals surface area (Å²) in [5, 5.41) is 11.2. The van der Waals surface area contributed by atoms with Crippen LogP contribution in [0.2, 0.25) is 0 Å². The number of amides is 2. The van der Waals surface area contributed by atoms with Gasteiger partial charge in [0.1, 0.15) is 0 Å². The van der Waals surface area contributed by atoms with E-state index in [2.05, 4.69) is 34.9 Å². The molecule has 0 saturated heterocycles. The van der Waals surface area contributed by atoms with Crippen molar-refractivity contribution in [2.75, 3.05) is 0 Å². The SMILES string of the molecule is O=C(NC12CC3CC(C1)CC(NC(=O)c1cccc4ccccc14)(C3)C2)c1cccc2ccccc12. The Labute approximate surface area is 211 Å². The Morgan fingerprint density at radius 3 is 1.47 bits per heavy atom. The first-order valence-corrected chi connectivity index (χ1v) is 13.1. The lowest BCUT2D eigenvalue weighted by atomic mass is 9.49. The van der Waals surface area contributed by atoms with Gasteiger partial charge in [-0.1, -0.05) is 72.8 Å². The molecule has 0 spiro atoms. The van der Waals surface area contributed by atoms with E-state index < -0.39 is 0 Å². The van der Waals surface area contributed by atoms with Crippen LogP contribution in [0.4, 0.5) is 0 Å².